The molecule has 140 valence electrons. The van der Waals surface area contributed by atoms with Crippen molar-refractivity contribution in [3.05, 3.63) is 77.9 Å². The molecule has 1 aliphatic heterocycles. The Kier molecular flexibility index (Phi) is 4.83. The maximum atomic E-state index is 12.0. The van der Waals surface area contributed by atoms with Crippen molar-refractivity contribution in [3.63, 3.8) is 0 Å². The van der Waals surface area contributed by atoms with Crippen LogP contribution < -0.4 is 21.5 Å². The molecule has 4 N–H and O–H groups in total. The lowest BCUT2D eigenvalue weighted by Gasteiger charge is -2.20. The van der Waals surface area contributed by atoms with Crippen LogP contribution in [0.4, 0.5) is 17.1 Å². The van der Waals surface area contributed by atoms with Gasteiger partial charge in [-0.25, -0.2) is 9.97 Å². The third-order valence-corrected chi connectivity index (χ3v) is 4.39. The first kappa shape index (κ1) is 17.5. The molecule has 0 saturated heterocycles. The van der Waals surface area contributed by atoms with E-state index in [0.29, 0.717) is 17.7 Å². The predicted molar refractivity (Wildman–Crippen MR) is 105 cm³/mol. The van der Waals surface area contributed by atoms with Crippen molar-refractivity contribution >= 4 is 28.9 Å². The molecule has 2 amide bonds. The second-order valence-electron chi connectivity index (χ2n) is 6.25. The van der Waals surface area contributed by atoms with Gasteiger partial charge in [0, 0.05) is 35.9 Å². The van der Waals surface area contributed by atoms with Crippen molar-refractivity contribution in [2.45, 2.75) is 6.42 Å². The van der Waals surface area contributed by atoms with Gasteiger partial charge >= 0.3 is 0 Å². The van der Waals surface area contributed by atoms with Crippen molar-refractivity contribution < 1.29 is 9.59 Å². The lowest BCUT2D eigenvalue weighted by molar-refractivity contribution is 0.0942. The lowest BCUT2D eigenvalue weighted by atomic mass is 9.98. The molecule has 0 atom stereocenters. The zero-order valence-corrected chi connectivity index (χ0v) is 14.9. The second-order valence-corrected chi connectivity index (χ2v) is 6.25. The van der Waals surface area contributed by atoms with Gasteiger partial charge in [0.15, 0.2) is 0 Å². The Labute approximate surface area is 161 Å². The number of anilines is 3. The van der Waals surface area contributed by atoms with Crippen LogP contribution in [-0.2, 0) is 6.42 Å². The maximum absolute atomic E-state index is 12.0. The van der Waals surface area contributed by atoms with Crippen molar-refractivity contribution in [3.8, 4) is 0 Å². The summed E-state index contributed by atoms with van der Waals surface area (Å²) in [4.78, 5) is 31.6. The van der Waals surface area contributed by atoms with E-state index in [1.165, 1.54) is 18.7 Å². The van der Waals surface area contributed by atoms with Gasteiger partial charge < -0.3 is 10.6 Å². The first-order valence-corrected chi connectivity index (χ1v) is 8.79. The SMILES string of the molecule is O=C(NNc1ccc(Nc2cccc3c2CCNC3=O)cc1)c1cncnc1. The minimum atomic E-state index is -0.322. The molecule has 0 radical (unpaired) electrons. The van der Waals surface area contributed by atoms with E-state index in [1.807, 2.05) is 42.5 Å². The van der Waals surface area contributed by atoms with Crippen LogP contribution >= 0.6 is 0 Å². The fourth-order valence-electron chi connectivity index (χ4n) is 2.99. The number of hydrogen-bond donors (Lipinski definition) is 4. The number of rotatable bonds is 5. The molecule has 0 saturated carbocycles. The van der Waals surface area contributed by atoms with Crippen LogP contribution in [0.15, 0.2) is 61.2 Å². The molecule has 4 rings (SSSR count). The number of hydrazine groups is 1. The van der Waals surface area contributed by atoms with Crippen LogP contribution in [-0.4, -0.2) is 28.3 Å². The Bertz CT molecular complexity index is 1000. The third-order valence-electron chi connectivity index (χ3n) is 4.39. The van der Waals surface area contributed by atoms with Crippen LogP contribution in [0.1, 0.15) is 26.3 Å². The fourth-order valence-corrected chi connectivity index (χ4v) is 2.99. The van der Waals surface area contributed by atoms with E-state index in [2.05, 4.69) is 31.5 Å². The van der Waals surface area contributed by atoms with Crippen molar-refractivity contribution in [2.75, 3.05) is 17.3 Å². The predicted octanol–water partition coefficient (Wildman–Crippen LogP) is 2.26. The topological polar surface area (TPSA) is 108 Å². The molecule has 0 unspecified atom stereocenters. The van der Waals surface area contributed by atoms with Gasteiger partial charge in [-0.1, -0.05) is 6.07 Å². The number of carbonyl (C=O) groups excluding carboxylic acids is 2. The summed E-state index contributed by atoms with van der Waals surface area (Å²) in [5.74, 6) is -0.360. The minimum absolute atomic E-state index is 0.0380. The first-order chi connectivity index (χ1) is 13.7. The average Bonchev–Trinajstić information content (AvgIpc) is 2.74. The van der Waals surface area contributed by atoms with Crippen LogP contribution in [0.3, 0.4) is 0 Å². The molecule has 0 bridgehead atoms. The molecular formula is C20H18N6O2. The van der Waals surface area contributed by atoms with E-state index in [-0.39, 0.29) is 11.8 Å². The van der Waals surface area contributed by atoms with Crippen molar-refractivity contribution in [1.29, 1.82) is 0 Å². The molecule has 0 fully saturated rings. The number of fused-ring (bicyclic) bond motifs is 1. The van der Waals surface area contributed by atoms with E-state index < -0.39 is 0 Å². The first-order valence-electron chi connectivity index (χ1n) is 8.79. The van der Waals surface area contributed by atoms with Gasteiger partial charge in [-0.15, -0.1) is 0 Å². The summed E-state index contributed by atoms with van der Waals surface area (Å²) < 4.78 is 0. The summed E-state index contributed by atoms with van der Waals surface area (Å²) in [5.41, 5.74) is 10.1. The summed E-state index contributed by atoms with van der Waals surface area (Å²) in [6, 6.07) is 13.1. The Morgan fingerprint density at radius 2 is 1.75 bits per heavy atom. The van der Waals surface area contributed by atoms with Gasteiger partial charge in [-0.2, -0.15) is 0 Å². The molecule has 2 aromatic carbocycles. The number of benzene rings is 2. The van der Waals surface area contributed by atoms with Crippen LogP contribution in [0.2, 0.25) is 0 Å². The van der Waals surface area contributed by atoms with Gasteiger partial charge in [-0.3, -0.25) is 20.4 Å². The molecule has 0 spiro atoms. The van der Waals surface area contributed by atoms with E-state index >= 15 is 0 Å². The van der Waals surface area contributed by atoms with Gasteiger partial charge in [0.2, 0.25) is 0 Å². The number of nitrogens with zero attached hydrogens (tertiary/aromatic N) is 2. The number of aromatic nitrogens is 2. The highest BCUT2D eigenvalue weighted by atomic mass is 16.2. The van der Waals surface area contributed by atoms with Crippen molar-refractivity contribution in [2.24, 2.45) is 0 Å². The van der Waals surface area contributed by atoms with Crippen LogP contribution in [0.5, 0.6) is 0 Å². The zero-order valence-electron chi connectivity index (χ0n) is 14.9. The zero-order chi connectivity index (χ0) is 19.3. The molecule has 3 aromatic rings. The molecule has 0 aliphatic carbocycles. The Morgan fingerprint density at radius 1 is 1.00 bits per heavy atom. The third kappa shape index (κ3) is 3.75. The minimum Gasteiger partial charge on any atom is -0.355 e. The smallest absolute Gasteiger partial charge is 0.272 e. The molecule has 2 heterocycles. The van der Waals surface area contributed by atoms with Crippen molar-refractivity contribution in [1.82, 2.24) is 20.7 Å². The fraction of sp³-hybridized carbons (Fsp3) is 0.100. The highest BCUT2D eigenvalue weighted by Gasteiger charge is 2.18. The number of amides is 2. The highest BCUT2D eigenvalue weighted by molar-refractivity contribution is 5.98. The monoisotopic (exact) mass is 374 g/mol. The Morgan fingerprint density at radius 3 is 2.54 bits per heavy atom. The van der Waals surface area contributed by atoms with Gasteiger partial charge in [0.25, 0.3) is 11.8 Å². The number of hydrogen-bond acceptors (Lipinski definition) is 6. The molecule has 1 aliphatic rings. The van der Waals surface area contributed by atoms with E-state index in [4.69, 9.17) is 0 Å². The quantitative estimate of drug-likeness (QED) is 0.510. The van der Waals surface area contributed by atoms with Crippen LogP contribution in [0.25, 0.3) is 0 Å². The Hall–Kier alpha value is -3.94. The molecular weight excluding hydrogens is 356 g/mol. The van der Waals surface area contributed by atoms with E-state index in [1.54, 1.807) is 0 Å². The normalized spacial score (nSPS) is 12.5. The summed E-state index contributed by atoms with van der Waals surface area (Å²) in [6.45, 7) is 0.638. The molecule has 8 nitrogen and oxygen atoms in total. The van der Waals surface area contributed by atoms with Gasteiger partial charge in [0.1, 0.15) is 6.33 Å². The summed E-state index contributed by atoms with van der Waals surface area (Å²) in [6.07, 6.45) is 5.04. The molecule has 8 heteroatoms. The number of carbonyl (C=O) groups is 2. The average molecular weight is 374 g/mol. The Balaban J connectivity index is 1.41. The molecule has 28 heavy (non-hydrogen) atoms. The second kappa shape index (κ2) is 7.75. The summed E-state index contributed by atoms with van der Waals surface area (Å²) in [5, 5.41) is 6.21. The largest absolute Gasteiger partial charge is 0.355 e. The van der Waals surface area contributed by atoms with E-state index in [9.17, 15) is 9.59 Å². The maximum Gasteiger partial charge on any atom is 0.272 e. The standard InChI is InChI=1S/C20H18N6O2/c27-19(13-10-21-12-22-11-13)26-25-15-6-4-14(5-7-15)24-18-3-1-2-17-16(18)8-9-23-20(17)28/h1-7,10-12,24-25H,8-9H2,(H,23,28)(H,26,27). The van der Waals surface area contributed by atoms with E-state index in [0.717, 1.165) is 29.0 Å². The van der Waals surface area contributed by atoms with Gasteiger partial charge in [0.05, 0.1) is 11.3 Å². The number of nitrogens with one attached hydrogen (secondary N) is 4. The highest BCUT2D eigenvalue weighted by Crippen LogP contribution is 2.26. The summed E-state index contributed by atoms with van der Waals surface area (Å²) in [7, 11) is 0. The summed E-state index contributed by atoms with van der Waals surface area (Å²) >= 11 is 0. The van der Waals surface area contributed by atoms with Crippen LogP contribution in [0, 0.1) is 0 Å². The lowest BCUT2D eigenvalue weighted by Crippen LogP contribution is -2.32. The van der Waals surface area contributed by atoms with Gasteiger partial charge in [-0.05, 0) is 48.4 Å². The molecule has 1 aromatic heterocycles.